The van der Waals surface area contributed by atoms with Gasteiger partial charge in [-0.1, -0.05) is 6.92 Å². The molecule has 0 aromatic carbocycles. The van der Waals surface area contributed by atoms with Crippen LogP contribution in [0.25, 0.3) is 0 Å². The molecule has 0 fully saturated rings. The fourth-order valence-corrected chi connectivity index (χ4v) is 2.44. The van der Waals surface area contributed by atoms with Crippen molar-refractivity contribution in [3.63, 3.8) is 0 Å². The van der Waals surface area contributed by atoms with Gasteiger partial charge in [-0.3, -0.25) is 0 Å². The lowest BCUT2D eigenvalue weighted by Crippen LogP contribution is -2.02. The third kappa shape index (κ3) is 2.79. The molecule has 0 saturated heterocycles. The van der Waals surface area contributed by atoms with E-state index in [1.165, 1.54) is 9.75 Å². The number of nitriles is 1. The zero-order chi connectivity index (χ0) is 13.0. The molecule has 5 heteroatoms. The van der Waals surface area contributed by atoms with Gasteiger partial charge in [-0.05, 0) is 30.7 Å². The monoisotopic (exact) mass is 258 g/mol. The standard InChI is InChI=1S/C13H14N4S/c1-2-9-3-4-10(18-9)8-16-13-6-5-11(15)12(7-14)17-13/h3-6H,2,8,15H2,1H3,(H,16,17). The fraction of sp³-hybridized carbons (Fsp3) is 0.231. The summed E-state index contributed by atoms with van der Waals surface area (Å²) < 4.78 is 0. The Hall–Kier alpha value is -2.06. The van der Waals surface area contributed by atoms with E-state index in [2.05, 4.69) is 29.4 Å². The predicted molar refractivity (Wildman–Crippen MR) is 74.4 cm³/mol. The van der Waals surface area contributed by atoms with Crippen molar-refractivity contribution in [2.75, 3.05) is 11.1 Å². The van der Waals surface area contributed by atoms with Crippen LogP contribution in [0, 0.1) is 11.3 Å². The van der Waals surface area contributed by atoms with Crippen molar-refractivity contribution < 1.29 is 0 Å². The normalized spacial score (nSPS) is 10.0. The number of nitrogen functional groups attached to an aromatic ring is 1. The largest absolute Gasteiger partial charge is 0.396 e. The Morgan fingerprint density at radius 3 is 2.78 bits per heavy atom. The number of nitrogens with two attached hydrogens (primary N) is 1. The van der Waals surface area contributed by atoms with Gasteiger partial charge in [-0.15, -0.1) is 11.3 Å². The number of nitrogens with zero attached hydrogens (tertiary/aromatic N) is 2. The first-order valence-electron chi connectivity index (χ1n) is 5.71. The van der Waals surface area contributed by atoms with E-state index in [-0.39, 0.29) is 5.69 Å². The summed E-state index contributed by atoms with van der Waals surface area (Å²) in [4.78, 5) is 6.76. The molecule has 2 rings (SSSR count). The lowest BCUT2D eigenvalue weighted by atomic mass is 10.3. The van der Waals surface area contributed by atoms with Crippen LogP contribution in [-0.2, 0) is 13.0 Å². The molecule has 0 aliphatic heterocycles. The Kier molecular flexibility index (Phi) is 3.80. The van der Waals surface area contributed by atoms with Crippen LogP contribution in [-0.4, -0.2) is 4.98 Å². The van der Waals surface area contributed by atoms with Gasteiger partial charge >= 0.3 is 0 Å². The maximum absolute atomic E-state index is 8.85. The van der Waals surface area contributed by atoms with Gasteiger partial charge < -0.3 is 11.1 Å². The quantitative estimate of drug-likeness (QED) is 0.884. The maximum atomic E-state index is 8.85. The molecule has 0 bridgehead atoms. The maximum Gasteiger partial charge on any atom is 0.165 e. The second kappa shape index (κ2) is 5.52. The molecular weight excluding hydrogens is 244 g/mol. The molecule has 0 spiro atoms. The second-order valence-electron chi connectivity index (χ2n) is 3.82. The molecule has 0 radical (unpaired) electrons. The molecule has 0 aliphatic carbocycles. The molecule has 18 heavy (non-hydrogen) atoms. The van der Waals surface area contributed by atoms with Crippen molar-refractivity contribution >= 4 is 22.8 Å². The number of pyridine rings is 1. The van der Waals surface area contributed by atoms with E-state index in [0.29, 0.717) is 18.1 Å². The molecule has 0 atom stereocenters. The molecule has 0 saturated carbocycles. The average Bonchev–Trinajstić information content (AvgIpc) is 2.86. The van der Waals surface area contributed by atoms with Crippen LogP contribution >= 0.6 is 11.3 Å². The smallest absolute Gasteiger partial charge is 0.165 e. The van der Waals surface area contributed by atoms with Crippen LogP contribution in [0.15, 0.2) is 24.3 Å². The Labute approximate surface area is 110 Å². The highest BCUT2D eigenvalue weighted by atomic mass is 32.1. The predicted octanol–water partition coefficient (Wildman–Crippen LogP) is 2.77. The van der Waals surface area contributed by atoms with E-state index >= 15 is 0 Å². The van der Waals surface area contributed by atoms with Gasteiger partial charge in [0.2, 0.25) is 0 Å². The first-order chi connectivity index (χ1) is 8.72. The van der Waals surface area contributed by atoms with Crippen LogP contribution in [0.5, 0.6) is 0 Å². The van der Waals surface area contributed by atoms with Gasteiger partial charge in [0.25, 0.3) is 0 Å². The summed E-state index contributed by atoms with van der Waals surface area (Å²) >= 11 is 1.79. The lowest BCUT2D eigenvalue weighted by molar-refractivity contribution is 1.13. The molecule has 3 N–H and O–H groups in total. The summed E-state index contributed by atoms with van der Waals surface area (Å²) in [6.07, 6.45) is 1.06. The van der Waals surface area contributed by atoms with Crippen molar-refractivity contribution in [2.24, 2.45) is 0 Å². The molecular formula is C13H14N4S. The second-order valence-corrected chi connectivity index (χ2v) is 5.07. The van der Waals surface area contributed by atoms with Gasteiger partial charge in [0, 0.05) is 9.75 Å². The lowest BCUT2D eigenvalue weighted by Gasteiger charge is -2.05. The number of aryl methyl sites for hydroxylation is 1. The zero-order valence-electron chi connectivity index (χ0n) is 10.1. The summed E-state index contributed by atoms with van der Waals surface area (Å²) in [6.45, 7) is 2.86. The van der Waals surface area contributed by atoms with Gasteiger partial charge in [0.15, 0.2) is 5.69 Å². The van der Waals surface area contributed by atoms with E-state index in [0.717, 1.165) is 6.42 Å². The minimum Gasteiger partial charge on any atom is -0.396 e. The minimum atomic E-state index is 0.264. The number of aromatic nitrogens is 1. The highest BCUT2D eigenvalue weighted by Crippen LogP contribution is 2.18. The Bertz CT molecular complexity index is 583. The number of anilines is 2. The van der Waals surface area contributed by atoms with Crippen LogP contribution < -0.4 is 11.1 Å². The van der Waals surface area contributed by atoms with Gasteiger partial charge in [0.05, 0.1) is 12.2 Å². The molecule has 2 heterocycles. The van der Waals surface area contributed by atoms with Crippen molar-refractivity contribution in [3.05, 3.63) is 39.7 Å². The van der Waals surface area contributed by atoms with Crippen LogP contribution in [0.4, 0.5) is 11.5 Å². The number of hydrogen-bond acceptors (Lipinski definition) is 5. The van der Waals surface area contributed by atoms with E-state index < -0.39 is 0 Å². The van der Waals surface area contributed by atoms with Gasteiger partial charge in [-0.25, -0.2) is 4.98 Å². The van der Waals surface area contributed by atoms with E-state index in [4.69, 9.17) is 11.0 Å². The van der Waals surface area contributed by atoms with Gasteiger partial charge in [0.1, 0.15) is 11.9 Å². The average molecular weight is 258 g/mol. The highest BCUT2D eigenvalue weighted by molar-refractivity contribution is 7.12. The highest BCUT2D eigenvalue weighted by Gasteiger charge is 2.03. The molecule has 2 aromatic rings. The first-order valence-corrected chi connectivity index (χ1v) is 6.52. The molecule has 0 unspecified atom stereocenters. The fourth-order valence-electron chi connectivity index (χ4n) is 1.54. The zero-order valence-corrected chi connectivity index (χ0v) is 10.9. The van der Waals surface area contributed by atoms with Crippen molar-refractivity contribution in [3.8, 4) is 6.07 Å². The van der Waals surface area contributed by atoms with E-state index in [1.807, 2.05) is 6.07 Å². The van der Waals surface area contributed by atoms with Crippen LogP contribution in [0.2, 0.25) is 0 Å². The van der Waals surface area contributed by atoms with Gasteiger partial charge in [-0.2, -0.15) is 5.26 Å². The molecule has 4 nitrogen and oxygen atoms in total. The minimum absolute atomic E-state index is 0.264. The summed E-state index contributed by atoms with van der Waals surface area (Å²) in [5, 5.41) is 12.0. The number of rotatable bonds is 4. The number of thiophene rings is 1. The third-order valence-corrected chi connectivity index (χ3v) is 3.77. The number of hydrogen-bond donors (Lipinski definition) is 2. The SMILES string of the molecule is CCc1ccc(CNc2ccc(N)c(C#N)n2)s1. The Morgan fingerprint density at radius 1 is 1.33 bits per heavy atom. The van der Waals surface area contributed by atoms with Crippen molar-refractivity contribution in [1.82, 2.24) is 4.98 Å². The third-order valence-electron chi connectivity index (χ3n) is 2.54. The van der Waals surface area contributed by atoms with Crippen molar-refractivity contribution in [2.45, 2.75) is 19.9 Å². The molecule has 0 amide bonds. The first kappa shape index (κ1) is 12.4. The van der Waals surface area contributed by atoms with Crippen LogP contribution in [0.1, 0.15) is 22.4 Å². The molecule has 0 aliphatic rings. The van der Waals surface area contributed by atoms with E-state index in [9.17, 15) is 0 Å². The summed E-state index contributed by atoms with van der Waals surface area (Å²) in [5.41, 5.74) is 6.29. The van der Waals surface area contributed by atoms with E-state index in [1.54, 1.807) is 23.5 Å². The Balaban J connectivity index is 2.04. The summed E-state index contributed by atoms with van der Waals surface area (Å²) in [7, 11) is 0. The topological polar surface area (TPSA) is 74.7 Å². The summed E-state index contributed by atoms with van der Waals surface area (Å²) in [6, 6.07) is 9.70. The van der Waals surface area contributed by atoms with Crippen molar-refractivity contribution in [1.29, 1.82) is 5.26 Å². The van der Waals surface area contributed by atoms with Crippen LogP contribution in [0.3, 0.4) is 0 Å². The molecule has 2 aromatic heterocycles. The molecule has 92 valence electrons. The summed E-state index contributed by atoms with van der Waals surface area (Å²) in [5.74, 6) is 0.673. The Morgan fingerprint density at radius 2 is 2.11 bits per heavy atom. The number of nitrogens with one attached hydrogen (secondary N) is 1.